The van der Waals surface area contributed by atoms with Crippen LogP contribution in [0, 0.1) is 0 Å². The highest BCUT2D eigenvalue weighted by Gasteiger charge is 2.02. The van der Waals surface area contributed by atoms with Gasteiger partial charge in [0.25, 0.3) is 0 Å². The lowest BCUT2D eigenvalue weighted by Crippen LogP contribution is -2.26. The van der Waals surface area contributed by atoms with Crippen molar-refractivity contribution < 1.29 is 14.6 Å². The molecule has 1 aromatic rings. The second kappa shape index (κ2) is 10.6. The van der Waals surface area contributed by atoms with Crippen molar-refractivity contribution in [2.45, 2.75) is 19.3 Å². The van der Waals surface area contributed by atoms with Gasteiger partial charge in [0.1, 0.15) is 5.75 Å². The summed E-state index contributed by atoms with van der Waals surface area (Å²) >= 11 is 1.75. The van der Waals surface area contributed by atoms with Gasteiger partial charge in [-0.1, -0.05) is 12.1 Å². The van der Waals surface area contributed by atoms with Gasteiger partial charge in [0.2, 0.25) is 5.91 Å². The highest BCUT2D eigenvalue weighted by molar-refractivity contribution is 7.99. The molecule has 0 aliphatic carbocycles. The van der Waals surface area contributed by atoms with Crippen LogP contribution >= 0.6 is 11.8 Å². The molecule has 0 aliphatic rings. The number of rotatable bonds is 10. The van der Waals surface area contributed by atoms with Crippen LogP contribution in [0.5, 0.6) is 5.75 Å². The Morgan fingerprint density at radius 1 is 1.30 bits per heavy atom. The van der Waals surface area contributed by atoms with Crippen molar-refractivity contribution in [3.05, 3.63) is 29.8 Å². The lowest BCUT2D eigenvalue weighted by Gasteiger charge is -2.06. The Balaban J connectivity index is 2.10. The summed E-state index contributed by atoms with van der Waals surface area (Å²) in [7, 11) is 1.64. The monoisotopic (exact) mass is 297 g/mol. The molecule has 4 nitrogen and oxygen atoms in total. The summed E-state index contributed by atoms with van der Waals surface area (Å²) in [5.74, 6) is 2.76. The van der Waals surface area contributed by atoms with Crippen LogP contribution in [0.25, 0.3) is 0 Å². The molecule has 0 aromatic heterocycles. The third-order valence-electron chi connectivity index (χ3n) is 2.82. The second-order valence-electron chi connectivity index (χ2n) is 4.39. The Morgan fingerprint density at radius 2 is 2.05 bits per heavy atom. The SMILES string of the molecule is COc1ccc(CCC(=O)NCCSCCCO)cc1. The van der Waals surface area contributed by atoms with Gasteiger partial charge in [0, 0.05) is 25.3 Å². The zero-order valence-electron chi connectivity index (χ0n) is 11.9. The summed E-state index contributed by atoms with van der Waals surface area (Å²) in [6.07, 6.45) is 2.07. The zero-order chi connectivity index (χ0) is 14.6. The predicted molar refractivity (Wildman–Crippen MR) is 83.4 cm³/mol. The van der Waals surface area contributed by atoms with Crippen LogP contribution in [0.4, 0.5) is 0 Å². The first-order valence-electron chi connectivity index (χ1n) is 6.84. The van der Waals surface area contributed by atoms with E-state index in [0.717, 1.165) is 35.7 Å². The van der Waals surface area contributed by atoms with Crippen LogP contribution in [0.2, 0.25) is 0 Å². The van der Waals surface area contributed by atoms with Crippen molar-refractivity contribution >= 4 is 17.7 Å². The van der Waals surface area contributed by atoms with Gasteiger partial charge in [0.15, 0.2) is 0 Å². The summed E-state index contributed by atoms with van der Waals surface area (Å²) in [6.45, 7) is 0.929. The Morgan fingerprint density at radius 3 is 2.70 bits per heavy atom. The number of hydrogen-bond donors (Lipinski definition) is 2. The molecule has 112 valence electrons. The quantitative estimate of drug-likeness (QED) is 0.647. The Kier molecular flexibility index (Phi) is 8.91. The van der Waals surface area contributed by atoms with Gasteiger partial charge in [-0.05, 0) is 36.3 Å². The van der Waals surface area contributed by atoms with Crippen molar-refractivity contribution in [3.63, 3.8) is 0 Å². The van der Waals surface area contributed by atoms with Crippen molar-refractivity contribution in [3.8, 4) is 5.75 Å². The predicted octanol–water partition coefficient (Wildman–Crippen LogP) is 1.86. The number of carbonyl (C=O) groups excluding carboxylic acids is 1. The number of benzene rings is 1. The average molecular weight is 297 g/mol. The van der Waals surface area contributed by atoms with E-state index in [0.29, 0.717) is 13.0 Å². The van der Waals surface area contributed by atoms with Crippen LogP contribution in [-0.4, -0.2) is 42.8 Å². The average Bonchev–Trinajstić information content (AvgIpc) is 2.49. The largest absolute Gasteiger partial charge is 0.497 e. The second-order valence-corrected chi connectivity index (χ2v) is 5.61. The Bertz CT molecular complexity index is 381. The summed E-state index contributed by atoms with van der Waals surface area (Å²) in [5, 5.41) is 11.5. The summed E-state index contributed by atoms with van der Waals surface area (Å²) in [4.78, 5) is 11.6. The molecule has 0 spiro atoms. The summed E-state index contributed by atoms with van der Waals surface area (Å²) in [5.41, 5.74) is 1.14. The minimum atomic E-state index is 0.0866. The maximum atomic E-state index is 11.6. The van der Waals surface area contributed by atoms with E-state index in [2.05, 4.69) is 5.32 Å². The maximum absolute atomic E-state index is 11.6. The topological polar surface area (TPSA) is 58.6 Å². The molecule has 0 saturated carbocycles. The zero-order valence-corrected chi connectivity index (χ0v) is 12.7. The fraction of sp³-hybridized carbons (Fsp3) is 0.533. The van der Waals surface area contributed by atoms with Gasteiger partial charge < -0.3 is 15.2 Å². The number of amides is 1. The fourth-order valence-corrected chi connectivity index (χ4v) is 2.45. The molecule has 0 radical (unpaired) electrons. The van der Waals surface area contributed by atoms with Gasteiger partial charge in [-0.25, -0.2) is 0 Å². The van der Waals surface area contributed by atoms with E-state index in [9.17, 15) is 4.79 Å². The molecule has 1 rings (SSSR count). The standard InChI is InChI=1S/C15H23NO3S/c1-19-14-6-3-13(4-7-14)5-8-15(18)16-9-12-20-11-2-10-17/h3-4,6-7,17H,2,5,8-12H2,1H3,(H,16,18). The van der Waals surface area contributed by atoms with Crippen molar-refractivity contribution in [2.24, 2.45) is 0 Å². The Hall–Kier alpha value is -1.20. The molecule has 0 unspecified atom stereocenters. The molecule has 0 saturated heterocycles. The molecule has 5 heteroatoms. The van der Waals surface area contributed by atoms with E-state index in [4.69, 9.17) is 9.84 Å². The molecule has 0 bridgehead atoms. The van der Waals surface area contributed by atoms with Crippen LogP contribution in [-0.2, 0) is 11.2 Å². The van der Waals surface area contributed by atoms with Crippen LogP contribution in [0.15, 0.2) is 24.3 Å². The first kappa shape index (κ1) is 16.9. The first-order valence-corrected chi connectivity index (χ1v) is 8.00. The molecule has 20 heavy (non-hydrogen) atoms. The van der Waals surface area contributed by atoms with Gasteiger partial charge >= 0.3 is 0 Å². The van der Waals surface area contributed by atoms with Gasteiger partial charge in [-0.3, -0.25) is 4.79 Å². The highest BCUT2D eigenvalue weighted by Crippen LogP contribution is 2.12. The van der Waals surface area contributed by atoms with Crippen LogP contribution < -0.4 is 10.1 Å². The molecule has 2 N–H and O–H groups in total. The fourth-order valence-electron chi connectivity index (χ4n) is 1.67. The smallest absolute Gasteiger partial charge is 0.220 e. The van der Waals surface area contributed by atoms with Crippen LogP contribution in [0.3, 0.4) is 0 Å². The van der Waals surface area contributed by atoms with Gasteiger partial charge in [0.05, 0.1) is 7.11 Å². The molecular weight excluding hydrogens is 274 g/mol. The number of carbonyl (C=O) groups is 1. The van der Waals surface area contributed by atoms with E-state index in [1.807, 2.05) is 24.3 Å². The third-order valence-corrected chi connectivity index (χ3v) is 3.89. The Labute approximate surface area is 124 Å². The minimum Gasteiger partial charge on any atom is -0.497 e. The van der Waals surface area contributed by atoms with Gasteiger partial charge in [-0.15, -0.1) is 0 Å². The number of methoxy groups -OCH3 is 1. The summed E-state index contributed by atoms with van der Waals surface area (Å²) < 4.78 is 5.09. The molecule has 0 heterocycles. The molecule has 1 amide bonds. The number of aryl methyl sites for hydroxylation is 1. The number of nitrogens with one attached hydrogen (secondary N) is 1. The van der Waals surface area contributed by atoms with E-state index in [-0.39, 0.29) is 12.5 Å². The summed E-state index contributed by atoms with van der Waals surface area (Å²) in [6, 6.07) is 7.78. The lowest BCUT2D eigenvalue weighted by atomic mass is 10.1. The van der Waals surface area contributed by atoms with Crippen molar-refractivity contribution in [1.82, 2.24) is 5.32 Å². The molecule has 0 aliphatic heterocycles. The molecule has 0 fully saturated rings. The lowest BCUT2D eigenvalue weighted by molar-refractivity contribution is -0.120. The van der Waals surface area contributed by atoms with Crippen LogP contribution in [0.1, 0.15) is 18.4 Å². The molecule has 1 aromatic carbocycles. The molecule has 0 atom stereocenters. The first-order chi connectivity index (χ1) is 9.76. The van der Waals surface area contributed by atoms with Gasteiger partial charge in [-0.2, -0.15) is 11.8 Å². The number of ether oxygens (including phenoxy) is 1. The third kappa shape index (κ3) is 7.40. The van der Waals surface area contributed by atoms with E-state index in [1.165, 1.54) is 0 Å². The normalized spacial score (nSPS) is 10.3. The highest BCUT2D eigenvalue weighted by atomic mass is 32.2. The van der Waals surface area contributed by atoms with E-state index in [1.54, 1.807) is 18.9 Å². The van der Waals surface area contributed by atoms with Crippen molar-refractivity contribution in [1.29, 1.82) is 0 Å². The van der Waals surface area contributed by atoms with E-state index >= 15 is 0 Å². The number of hydrogen-bond acceptors (Lipinski definition) is 4. The molecular formula is C15H23NO3S. The number of aliphatic hydroxyl groups excluding tert-OH is 1. The number of thioether (sulfide) groups is 1. The number of aliphatic hydroxyl groups is 1. The maximum Gasteiger partial charge on any atom is 0.220 e. The van der Waals surface area contributed by atoms with E-state index < -0.39 is 0 Å². The minimum absolute atomic E-state index is 0.0866. The van der Waals surface area contributed by atoms with Crippen molar-refractivity contribution in [2.75, 3.05) is 31.8 Å².